The number of alkyl halides is 1. The summed E-state index contributed by atoms with van der Waals surface area (Å²) in [5.41, 5.74) is 5.29. The molecule has 17 N–H and O–H groups in total. The highest BCUT2D eigenvalue weighted by atomic mass is 128. The molecule has 0 fully saturated rings. The van der Waals surface area contributed by atoms with Crippen molar-refractivity contribution in [3.63, 3.8) is 0 Å². The van der Waals surface area contributed by atoms with Gasteiger partial charge in [0.05, 0.1) is 51.8 Å². The fourth-order valence-corrected chi connectivity index (χ4v) is 13.7. The van der Waals surface area contributed by atoms with Crippen LogP contribution in [0.5, 0.6) is 0 Å². The number of unbranched alkanes of at least 4 members (excludes halogenated alkanes) is 14. The van der Waals surface area contributed by atoms with Crippen LogP contribution in [0.1, 0.15) is 180 Å². The van der Waals surface area contributed by atoms with E-state index in [9.17, 15) is 92.7 Å². The maximum atomic E-state index is 12.8. The lowest BCUT2D eigenvalue weighted by molar-refractivity contribution is -0.144. The van der Waals surface area contributed by atoms with Crippen molar-refractivity contribution in [3.05, 3.63) is 0 Å². The van der Waals surface area contributed by atoms with Crippen LogP contribution in [0.25, 0.3) is 0 Å². The molecule has 36 heteroatoms. The van der Waals surface area contributed by atoms with Gasteiger partial charge in [-0.3, -0.25) is 47.9 Å². The van der Waals surface area contributed by atoms with Crippen LogP contribution in [0.3, 0.4) is 0 Å². The number of nitrogens with two attached hydrogens (primary N) is 1. The highest BCUT2D eigenvalue weighted by Gasteiger charge is 2.29. The van der Waals surface area contributed by atoms with E-state index in [1.54, 1.807) is 0 Å². The molecule has 9 amide bonds. The largest absolute Gasteiger partial charge is 0.481 e. The summed E-state index contributed by atoms with van der Waals surface area (Å²) < 4.78 is 24.4. The van der Waals surface area contributed by atoms with Gasteiger partial charge in [-0.2, -0.15) is 0 Å². The predicted octanol–water partition coefficient (Wildman–Crippen LogP) is 1.01. The van der Waals surface area contributed by atoms with Crippen LogP contribution in [0.15, 0.2) is 0 Å². The number of hydrogen-bond acceptors (Lipinski definition) is 20. The molecule has 0 aliphatic carbocycles. The second kappa shape index (κ2) is 58.7. The van der Waals surface area contributed by atoms with E-state index in [0.29, 0.717) is 25.7 Å². The van der Waals surface area contributed by atoms with E-state index < -0.39 is 162 Å². The van der Waals surface area contributed by atoms with E-state index in [4.69, 9.17) is 29.8 Å². The summed E-state index contributed by atoms with van der Waals surface area (Å²) >= 11 is -0.513. The number of hydrogen-bond donors (Lipinski definition) is 16. The molecule has 0 spiro atoms. The Labute approximate surface area is 581 Å². The zero-order chi connectivity index (χ0) is 72.6. The number of carbonyl (C=O) groups excluding carboxylic acids is 9. The van der Waals surface area contributed by atoms with Crippen LogP contribution in [0.4, 0.5) is 0 Å². The van der Waals surface area contributed by atoms with Gasteiger partial charge in [0.2, 0.25) is 53.2 Å². The maximum Gasteiger partial charge on any atom is 0.326 e. The van der Waals surface area contributed by atoms with Gasteiger partial charge in [0, 0.05) is 75.0 Å². The first-order chi connectivity index (χ1) is 46.3. The molecule has 7 atom stereocenters. The predicted molar refractivity (Wildman–Crippen MR) is 367 cm³/mol. The summed E-state index contributed by atoms with van der Waals surface area (Å²) in [6.45, 7) is 0.953. The molecular weight excluding hydrogens is 1510 g/mol. The van der Waals surface area contributed by atoms with Gasteiger partial charge >= 0.3 is 29.8 Å². The average molecular weight is 1620 g/mol. The van der Waals surface area contributed by atoms with Gasteiger partial charge in [0.1, 0.15) is 43.4 Å². The van der Waals surface area contributed by atoms with E-state index >= 15 is 0 Å². The third-order valence-electron chi connectivity index (χ3n) is 14.5. The van der Waals surface area contributed by atoms with Crippen molar-refractivity contribution in [3.8, 4) is 0 Å². The number of primary amides is 1. The van der Waals surface area contributed by atoms with Crippen molar-refractivity contribution in [2.45, 2.75) is 223 Å². The minimum absolute atomic E-state index is 0.00114. The summed E-state index contributed by atoms with van der Waals surface area (Å²) in [6.07, 6.45) is 12.1. The fourth-order valence-electron chi connectivity index (χ4n) is 9.08. The topological polar surface area (TPSA) is 532 Å². The molecule has 0 aromatic carbocycles. The molecule has 0 unspecified atom stereocenters. The Balaban J connectivity index is 4.22. The first-order valence-corrected chi connectivity index (χ1v) is 42.4. The van der Waals surface area contributed by atoms with Crippen LogP contribution in [-0.4, -0.2) is 233 Å². The Morgan fingerprint density at radius 3 is 1.11 bits per heavy atom. The highest BCUT2D eigenvalue weighted by Crippen LogP contribution is 2.16. The Hall–Kier alpha value is -6.20. The Morgan fingerprint density at radius 1 is 0.371 bits per heavy atom. The number of amides is 9. The van der Waals surface area contributed by atoms with Crippen molar-refractivity contribution < 1.29 is 117 Å². The first kappa shape index (κ1) is 90.8. The molecule has 0 aliphatic heterocycles. The van der Waals surface area contributed by atoms with E-state index in [1.807, 2.05) is 0 Å². The number of carbonyl (C=O) groups is 14. The van der Waals surface area contributed by atoms with Crippen LogP contribution in [0, 0.1) is 0 Å². The molecule has 0 rings (SSSR count). The summed E-state index contributed by atoms with van der Waals surface area (Å²) in [7, 11) is 0. The SMILES string of the molecule is CI=IN[C@@H](CCCCNC(=O)CC[C@H](NC(=O)CC[C@H](NC(=O)COCCOCCNC(=O)COCCOCCNC(=O)CC[C@H](NC(=O)CC[C@H](NC(=O)CCCCCCCCCCCCCCCCC(=O)O)C(=O)O)C(=O)O)C(=O)O)C(=O)O)C(=O)N[C@H](C(N)=O)[C@@H](C)O. The summed E-state index contributed by atoms with van der Waals surface area (Å²) in [6, 6.07) is -7.67. The second-order valence-electron chi connectivity index (χ2n) is 22.7. The van der Waals surface area contributed by atoms with Crippen molar-refractivity contribution in [2.75, 3.05) is 77.4 Å². The normalized spacial score (nSPS) is 13.5. The molecule has 0 bridgehead atoms. The molecule has 0 radical (unpaired) electrons. The number of aliphatic hydroxyl groups is 1. The Bertz CT molecular complexity index is 2430. The summed E-state index contributed by atoms with van der Waals surface area (Å²) in [5.74, 6) is -12.1. The Morgan fingerprint density at radius 2 is 0.722 bits per heavy atom. The van der Waals surface area contributed by atoms with E-state index in [2.05, 4.69) is 51.0 Å². The summed E-state index contributed by atoms with van der Waals surface area (Å²) in [5, 5.41) is 76.4. The van der Waals surface area contributed by atoms with Crippen LogP contribution >= 0.6 is 33.5 Å². The van der Waals surface area contributed by atoms with Crippen LogP contribution in [0.2, 0.25) is 0 Å². The molecular formula is C61H106I2N10O24. The van der Waals surface area contributed by atoms with Gasteiger partial charge in [0.25, 0.3) is 0 Å². The summed E-state index contributed by atoms with van der Waals surface area (Å²) in [4.78, 5) is 171. The van der Waals surface area contributed by atoms with Crippen molar-refractivity contribution in [2.24, 2.45) is 5.73 Å². The molecule has 97 heavy (non-hydrogen) atoms. The minimum Gasteiger partial charge on any atom is -0.481 e. The van der Waals surface area contributed by atoms with Crippen molar-refractivity contribution >= 4 is 116 Å². The zero-order valence-electron chi connectivity index (χ0n) is 55.8. The maximum absolute atomic E-state index is 12.8. The van der Waals surface area contributed by atoms with Gasteiger partial charge in [-0.05, 0) is 69.6 Å². The number of rotatable bonds is 64. The number of aliphatic hydroxyl groups excluding tert-OH is 1. The average Bonchev–Trinajstić information content (AvgIpc) is 2.01. The van der Waals surface area contributed by atoms with E-state index in [-0.39, 0.29) is 134 Å². The highest BCUT2D eigenvalue weighted by molar-refractivity contribution is 14.8. The van der Waals surface area contributed by atoms with Crippen LogP contribution < -0.4 is 51.8 Å². The zero-order valence-corrected chi connectivity index (χ0v) is 60.1. The number of aliphatic carboxylic acids is 5. The quantitative estimate of drug-likeness (QED) is 0.0175. The third kappa shape index (κ3) is 52.5. The lowest BCUT2D eigenvalue weighted by Gasteiger charge is -2.22. The Kier molecular flexibility index (Phi) is 55.0. The first-order valence-electron chi connectivity index (χ1n) is 32.8. The van der Waals surface area contributed by atoms with Gasteiger partial charge in [0.15, 0.2) is 0 Å². The lowest BCUT2D eigenvalue weighted by atomic mass is 10.0. The number of nitrogens with one attached hydrogen (secondary N) is 9. The molecule has 0 aromatic rings. The van der Waals surface area contributed by atoms with E-state index in [0.717, 1.165) is 57.8 Å². The second-order valence-corrected chi connectivity index (χ2v) is 32.8. The standard InChI is InChI=1S/C61H106I2N10O24/c1-41(74)55(56(64)84)72-57(85)42(73-63-62-2)19-17-18-30-65-47(75)26-22-43(58(86)87)69-51(79)29-25-46(61(92)93)71-53(81)40-97-38-36-95-34-32-67-52(80)39-96-37-35-94-33-31-66-48(76)27-23-44(59(88)89)70-50(78)28-24-45(60(90)91)68-49(77)20-15-13-11-9-7-5-3-4-6-8-10-12-14-16-21-54(82)83/h41-46,55,73-74H,3-40H2,1-2H3,(H2,64,84)(H,65,75)(H,66,76)(H,67,80)(H,68,77)(H,69,79)(H,70,78)(H,71,81)(H,72,85)(H,82,83)(H,86,87)(H,88,89)(H,90,91)(H,92,93)/t41-,42+,43+,44+,45+,46+,55+/m1/s1. The molecule has 558 valence electrons. The van der Waals surface area contributed by atoms with Gasteiger partial charge < -0.3 is 97.9 Å². The van der Waals surface area contributed by atoms with Gasteiger partial charge in [-0.25, -0.2) is 22.7 Å². The molecule has 0 aromatic heterocycles. The van der Waals surface area contributed by atoms with Gasteiger partial charge in [-0.15, -0.1) is 0 Å². The fraction of sp³-hybridized carbons (Fsp3) is 0.770. The minimum atomic E-state index is -1.53. The third-order valence-corrected chi connectivity index (χ3v) is 20.2. The molecule has 0 saturated carbocycles. The van der Waals surface area contributed by atoms with Gasteiger partial charge in [-0.1, -0.05) is 93.6 Å². The number of carboxylic acid groups (broad SMARTS) is 5. The number of carboxylic acids is 5. The van der Waals surface area contributed by atoms with Crippen molar-refractivity contribution in [1.29, 1.82) is 0 Å². The molecule has 34 nitrogen and oxygen atoms in total. The number of halogens is 2. The van der Waals surface area contributed by atoms with Crippen LogP contribution in [-0.2, 0) is 86.1 Å². The molecule has 0 heterocycles. The smallest absolute Gasteiger partial charge is 0.326 e. The monoisotopic (exact) mass is 1620 g/mol. The molecule has 0 saturated heterocycles. The van der Waals surface area contributed by atoms with E-state index in [1.165, 1.54) is 32.6 Å². The number of ether oxygens (including phenoxy) is 4. The van der Waals surface area contributed by atoms with Crippen molar-refractivity contribution in [1.82, 2.24) is 46.1 Å². The molecule has 0 aliphatic rings. The lowest BCUT2D eigenvalue weighted by Crippen LogP contribution is -2.54.